The zero-order chi connectivity index (χ0) is 23.7. The molecule has 3 N–H and O–H groups in total. The van der Waals surface area contributed by atoms with Gasteiger partial charge >= 0.3 is 5.97 Å². The number of H-pyrrole nitrogens is 1. The van der Waals surface area contributed by atoms with Crippen molar-refractivity contribution in [1.82, 2.24) is 15.2 Å². The molecule has 1 fully saturated rings. The fourth-order valence-corrected chi connectivity index (χ4v) is 5.29. The van der Waals surface area contributed by atoms with E-state index in [0.717, 1.165) is 40.5 Å². The number of hydrogen-bond acceptors (Lipinski definition) is 7. The summed E-state index contributed by atoms with van der Waals surface area (Å²) in [5, 5.41) is 7.39. The summed E-state index contributed by atoms with van der Waals surface area (Å²) in [7, 11) is 0. The topological polar surface area (TPSA) is 103 Å². The second-order valence-electron chi connectivity index (χ2n) is 8.26. The molecular formula is C25H23ClN4O3S. The Bertz CT molecular complexity index is 1330. The number of thiophene rings is 1. The number of nitrogen functional groups attached to an aromatic ring is 1. The minimum Gasteiger partial charge on any atom is -0.421 e. The number of carbonyl (C=O) groups excluding carboxylic acids is 1. The summed E-state index contributed by atoms with van der Waals surface area (Å²) >= 11 is 7.50. The molecule has 1 aliphatic heterocycles. The van der Waals surface area contributed by atoms with Gasteiger partial charge in [-0.2, -0.15) is 5.10 Å². The Balaban J connectivity index is 1.39. The van der Waals surface area contributed by atoms with Crippen molar-refractivity contribution >= 4 is 34.6 Å². The predicted octanol–water partition coefficient (Wildman–Crippen LogP) is 5.39. The number of benzene rings is 2. The lowest BCUT2D eigenvalue weighted by Gasteiger charge is -2.35. The molecule has 7 nitrogen and oxygen atoms in total. The number of carbonyl (C=O) groups is 1. The van der Waals surface area contributed by atoms with Crippen molar-refractivity contribution in [2.45, 2.75) is 25.2 Å². The van der Waals surface area contributed by atoms with E-state index in [-0.39, 0.29) is 5.41 Å². The Morgan fingerprint density at radius 2 is 1.91 bits per heavy atom. The molecular weight excluding hydrogens is 472 g/mol. The van der Waals surface area contributed by atoms with Crippen LogP contribution in [-0.4, -0.2) is 34.4 Å². The van der Waals surface area contributed by atoms with E-state index in [0.29, 0.717) is 34.6 Å². The van der Waals surface area contributed by atoms with Gasteiger partial charge < -0.3 is 15.2 Å². The SMILES string of the molecule is Cc1nc(C2(c3ccc(C(=O)Oc4cc(-c5ccc(Cl)s5)ccc4N)cc3)CCOCC2)n[nH]1. The largest absolute Gasteiger partial charge is 0.421 e. The first kappa shape index (κ1) is 22.6. The molecule has 1 aliphatic rings. The molecule has 174 valence electrons. The summed E-state index contributed by atoms with van der Waals surface area (Å²) < 4.78 is 11.9. The number of aryl methyl sites for hydroxylation is 1. The average Bonchev–Trinajstić information content (AvgIpc) is 3.49. The predicted molar refractivity (Wildman–Crippen MR) is 133 cm³/mol. The summed E-state index contributed by atoms with van der Waals surface area (Å²) in [5.41, 5.74) is 8.46. The molecule has 2 aromatic carbocycles. The maximum atomic E-state index is 12.9. The van der Waals surface area contributed by atoms with Crippen LogP contribution in [-0.2, 0) is 10.2 Å². The third-order valence-electron chi connectivity index (χ3n) is 6.12. The van der Waals surface area contributed by atoms with E-state index in [4.69, 9.17) is 26.8 Å². The molecule has 3 heterocycles. The summed E-state index contributed by atoms with van der Waals surface area (Å²) in [6.45, 7) is 3.14. The van der Waals surface area contributed by atoms with Gasteiger partial charge in [-0.05, 0) is 67.3 Å². The minimum atomic E-state index is -0.477. The molecule has 0 spiro atoms. The maximum absolute atomic E-state index is 12.9. The highest BCUT2D eigenvalue weighted by atomic mass is 35.5. The smallest absolute Gasteiger partial charge is 0.343 e. The molecule has 9 heteroatoms. The van der Waals surface area contributed by atoms with Crippen molar-refractivity contribution in [1.29, 1.82) is 0 Å². The standard InChI is InChI=1S/C25H23ClN4O3S/c1-15-28-24(30-29-15)25(10-12-32-13-11-25)18-5-2-16(3-6-18)23(31)33-20-14-17(4-7-19(20)27)21-8-9-22(26)34-21/h2-9,14H,10-13,27H2,1H3,(H,28,29,30). The molecule has 0 amide bonds. The molecule has 4 aromatic rings. The Kier molecular flexibility index (Phi) is 6.12. The van der Waals surface area contributed by atoms with Crippen LogP contribution in [0, 0.1) is 6.92 Å². The van der Waals surface area contributed by atoms with Gasteiger partial charge in [-0.1, -0.05) is 29.8 Å². The molecule has 5 rings (SSSR count). The van der Waals surface area contributed by atoms with Crippen LogP contribution in [0.1, 0.15) is 40.4 Å². The molecule has 0 unspecified atom stereocenters. The Morgan fingerprint density at radius 1 is 1.15 bits per heavy atom. The molecule has 2 aromatic heterocycles. The quantitative estimate of drug-likeness (QED) is 0.219. The highest BCUT2D eigenvalue weighted by Crippen LogP contribution is 2.40. The summed E-state index contributed by atoms with van der Waals surface area (Å²) in [6.07, 6.45) is 1.54. The highest BCUT2D eigenvalue weighted by Gasteiger charge is 2.40. The van der Waals surface area contributed by atoms with Gasteiger partial charge in [0.25, 0.3) is 0 Å². The van der Waals surface area contributed by atoms with Crippen LogP contribution in [0.4, 0.5) is 5.69 Å². The lowest BCUT2D eigenvalue weighted by atomic mass is 9.73. The van der Waals surface area contributed by atoms with E-state index in [9.17, 15) is 4.79 Å². The normalized spacial score (nSPS) is 15.2. The summed E-state index contributed by atoms with van der Waals surface area (Å²) in [6, 6.07) is 16.5. The molecule has 34 heavy (non-hydrogen) atoms. The number of ether oxygens (including phenoxy) is 2. The van der Waals surface area contributed by atoms with Crippen molar-refractivity contribution in [2.24, 2.45) is 0 Å². The van der Waals surface area contributed by atoms with E-state index in [1.54, 1.807) is 24.3 Å². The van der Waals surface area contributed by atoms with Crippen molar-refractivity contribution in [3.63, 3.8) is 0 Å². The lowest BCUT2D eigenvalue weighted by molar-refractivity contribution is 0.0605. The van der Waals surface area contributed by atoms with Gasteiger partial charge in [0.1, 0.15) is 5.82 Å². The number of nitrogens with two attached hydrogens (primary N) is 1. The average molecular weight is 495 g/mol. The van der Waals surface area contributed by atoms with E-state index in [1.807, 2.05) is 37.3 Å². The highest BCUT2D eigenvalue weighted by molar-refractivity contribution is 7.19. The fraction of sp³-hybridized carbons (Fsp3) is 0.240. The van der Waals surface area contributed by atoms with Crippen LogP contribution >= 0.6 is 22.9 Å². The molecule has 0 aliphatic carbocycles. The van der Waals surface area contributed by atoms with Gasteiger partial charge in [0, 0.05) is 18.1 Å². The van der Waals surface area contributed by atoms with Crippen molar-refractivity contribution < 1.29 is 14.3 Å². The van der Waals surface area contributed by atoms with E-state index in [2.05, 4.69) is 15.2 Å². The van der Waals surface area contributed by atoms with Gasteiger partial charge in [-0.3, -0.25) is 5.10 Å². The van der Waals surface area contributed by atoms with Crippen LogP contribution in [0.5, 0.6) is 5.75 Å². The molecule has 0 radical (unpaired) electrons. The molecule has 1 saturated heterocycles. The Morgan fingerprint density at radius 3 is 2.56 bits per heavy atom. The third-order valence-corrected chi connectivity index (χ3v) is 7.40. The molecule has 0 atom stereocenters. The van der Waals surface area contributed by atoms with Crippen molar-refractivity contribution in [3.05, 3.63) is 81.7 Å². The second-order valence-corrected chi connectivity index (χ2v) is 9.98. The zero-order valence-electron chi connectivity index (χ0n) is 18.5. The second kappa shape index (κ2) is 9.21. The first-order valence-electron chi connectivity index (χ1n) is 10.9. The Labute approximate surface area is 205 Å². The summed E-state index contributed by atoms with van der Waals surface area (Å²) in [5.74, 6) is 1.36. The van der Waals surface area contributed by atoms with Gasteiger partial charge in [0.05, 0.1) is 21.0 Å². The number of nitrogens with one attached hydrogen (secondary N) is 1. The van der Waals surface area contributed by atoms with Crippen molar-refractivity contribution in [2.75, 3.05) is 18.9 Å². The van der Waals surface area contributed by atoms with Crippen molar-refractivity contribution in [3.8, 4) is 16.2 Å². The van der Waals surface area contributed by atoms with Gasteiger partial charge in [0.15, 0.2) is 11.6 Å². The first-order valence-corrected chi connectivity index (χ1v) is 12.1. The maximum Gasteiger partial charge on any atom is 0.343 e. The lowest BCUT2D eigenvalue weighted by Crippen LogP contribution is -2.36. The number of esters is 1. The monoisotopic (exact) mass is 494 g/mol. The van der Waals surface area contributed by atoms with E-state index >= 15 is 0 Å². The first-order chi connectivity index (χ1) is 16.4. The number of aromatic nitrogens is 3. The minimum absolute atomic E-state index is 0.313. The fourth-order valence-electron chi connectivity index (χ4n) is 4.25. The van der Waals surface area contributed by atoms with Gasteiger partial charge in [-0.25, -0.2) is 9.78 Å². The van der Waals surface area contributed by atoms with Crippen LogP contribution in [0.25, 0.3) is 10.4 Å². The van der Waals surface area contributed by atoms with Gasteiger partial charge in [0.2, 0.25) is 0 Å². The molecule has 0 bridgehead atoms. The van der Waals surface area contributed by atoms with Crippen LogP contribution < -0.4 is 10.5 Å². The third kappa shape index (κ3) is 4.32. The van der Waals surface area contributed by atoms with Crippen LogP contribution in [0.15, 0.2) is 54.6 Å². The number of hydrogen-bond donors (Lipinski definition) is 2. The van der Waals surface area contributed by atoms with Crippen LogP contribution in [0.2, 0.25) is 4.34 Å². The number of halogens is 1. The van der Waals surface area contributed by atoms with Crippen LogP contribution in [0.3, 0.4) is 0 Å². The molecule has 0 saturated carbocycles. The van der Waals surface area contributed by atoms with E-state index in [1.165, 1.54) is 11.3 Å². The number of rotatable bonds is 5. The summed E-state index contributed by atoms with van der Waals surface area (Å²) in [4.78, 5) is 18.5. The number of anilines is 1. The number of aromatic amines is 1. The zero-order valence-corrected chi connectivity index (χ0v) is 20.1. The Hall–Kier alpha value is -3.20. The number of nitrogens with zero attached hydrogens (tertiary/aromatic N) is 2. The van der Waals surface area contributed by atoms with E-state index < -0.39 is 5.97 Å². The van der Waals surface area contributed by atoms with Gasteiger partial charge in [-0.15, -0.1) is 11.3 Å².